The summed E-state index contributed by atoms with van der Waals surface area (Å²) in [5, 5.41) is 17.4. The molecule has 0 saturated heterocycles. The number of phenols is 1. The Kier molecular flexibility index (Phi) is 6.37. The Balaban J connectivity index is 1.89. The van der Waals surface area contributed by atoms with Crippen LogP contribution in [0.25, 0.3) is 0 Å². The van der Waals surface area contributed by atoms with Crippen molar-refractivity contribution in [1.29, 1.82) is 0 Å². The minimum atomic E-state index is 0.0289. The number of halogens is 1. The number of nitrogens with one attached hydrogen (secondary N) is 2. The van der Waals surface area contributed by atoms with Gasteiger partial charge in [0.1, 0.15) is 0 Å². The van der Waals surface area contributed by atoms with Crippen LogP contribution in [0.1, 0.15) is 11.1 Å². The van der Waals surface area contributed by atoms with E-state index in [0.29, 0.717) is 27.4 Å². The van der Waals surface area contributed by atoms with Gasteiger partial charge in [-0.3, -0.25) is 5.43 Å². The van der Waals surface area contributed by atoms with Crippen molar-refractivity contribution in [2.24, 2.45) is 5.10 Å². The maximum atomic E-state index is 9.91. The maximum absolute atomic E-state index is 9.91. The number of nitrogens with zero attached hydrogens (tertiary/aromatic N) is 1. The molecule has 23 heavy (non-hydrogen) atoms. The van der Waals surface area contributed by atoms with E-state index in [1.54, 1.807) is 18.3 Å². The van der Waals surface area contributed by atoms with Crippen molar-refractivity contribution >= 4 is 39.5 Å². The largest absolute Gasteiger partial charge is 0.503 e. The molecule has 0 saturated carbocycles. The number of thiocarbonyl (C=S) groups is 1. The standard InChI is InChI=1S/C16H16BrN3O2S/c1-22-13-8-7-12(14(17)15(13)21)10-19-20-16(23)18-9-11-5-3-2-4-6-11/h2-8,10,21H,9H2,1H3,(H2,18,20,23)/b19-10-. The zero-order valence-corrected chi connectivity index (χ0v) is 14.8. The van der Waals surface area contributed by atoms with Gasteiger partial charge in [-0.05, 0) is 45.8 Å². The predicted octanol–water partition coefficient (Wildman–Crippen LogP) is 3.16. The lowest BCUT2D eigenvalue weighted by molar-refractivity contribution is 0.372. The van der Waals surface area contributed by atoms with Gasteiger partial charge in [0.15, 0.2) is 16.6 Å². The molecule has 0 radical (unpaired) electrons. The summed E-state index contributed by atoms with van der Waals surface area (Å²) in [5.41, 5.74) is 4.56. The Hall–Kier alpha value is -2.12. The number of methoxy groups -OCH3 is 1. The third kappa shape index (κ3) is 4.94. The van der Waals surface area contributed by atoms with Crippen LogP contribution in [0.3, 0.4) is 0 Å². The summed E-state index contributed by atoms with van der Waals surface area (Å²) in [7, 11) is 1.49. The van der Waals surface area contributed by atoms with E-state index in [9.17, 15) is 5.11 Å². The van der Waals surface area contributed by atoms with E-state index < -0.39 is 0 Å². The molecule has 5 nitrogen and oxygen atoms in total. The average Bonchev–Trinajstić information content (AvgIpc) is 2.58. The molecule has 2 rings (SSSR count). The van der Waals surface area contributed by atoms with Gasteiger partial charge in [-0.1, -0.05) is 30.3 Å². The molecular weight excluding hydrogens is 378 g/mol. The molecule has 0 aromatic heterocycles. The van der Waals surface area contributed by atoms with Gasteiger partial charge in [0.2, 0.25) is 0 Å². The Morgan fingerprint density at radius 1 is 1.30 bits per heavy atom. The van der Waals surface area contributed by atoms with E-state index in [4.69, 9.17) is 17.0 Å². The number of hydrazone groups is 1. The smallest absolute Gasteiger partial charge is 0.187 e. The first-order chi connectivity index (χ1) is 11.1. The molecule has 0 amide bonds. The van der Waals surface area contributed by atoms with E-state index in [-0.39, 0.29) is 5.75 Å². The zero-order valence-electron chi connectivity index (χ0n) is 12.4. The summed E-state index contributed by atoms with van der Waals surface area (Å²) >= 11 is 8.45. The van der Waals surface area contributed by atoms with Crippen molar-refractivity contribution in [3.05, 3.63) is 58.1 Å². The van der Waals surface area contributed by atoms with Gasteiger partial charge in [0.05, 0.1) is 17.8 Å². The molecule has 0 aliphatic heterocycles. The fourth-order valence-corrected chi connectivity index (χ4v) is 2.36. The summed E-state index contributed by atoms with van der Waals surface area (Å²) in [5.74, 6) is 0.420. The van der Waals surface area contributed by atoms with E-state index >= 15 is 0 Å². The van der Waals surface area contributed by atoms with E-state index in [2.05, 4.69) is 31.8 Å². The maximum Gasteiger partial charge on any atom is 0.187 e. The first-order valence-electron chi connectivity index (χ1n) is 6.78. The van der Waals surface area contributed by atoms with Crippen LogP contribution in [0, 0.1) is 0 Å². The molecule has 0 aliphatic rings. The Morgan fingerprint density at radius 3 is 2.74 bits per heavy atom. The summed E-state index contributed by atoms with van der Waals surface area (Å²) in [6.45, 7) is 0.620. The third-order valence-electron chi connectivity index (χ3n) is 2.99. The fraction of sp³-hybridized carbons (Fsp3) is 0.125. The highest BCUT2D eigenvalue weighted by atomic mass is 79.9. The van der Waals surface area contributed by atoms with Gasteiger partial charge >= 0.3 is 0 Å². The van der Waals surface area contributed by atoms with Crippen molar-refractivity contribution in [3.8, 4) is 11.5 Å². The number of ether oxygens (including phenoxy) is 1. The molecule has 0 fully saturated rings. The summed E-state index contributed by atoms with van der Waals surface area (Å²) in [6.07, 6.45) is 1.56. The molecule has 2 aromatic carbocycles. The van der Waals surface area contributed by atoms with Crippen LogP contribution in [0.15, 0.2) is 52.0 Å². The second-order valence-electron chi connectivity index (χ2n) is 4.56. The van der Waals surface area contributed by atoms with Crippen LogP contribution < -0.4 is 15.5 Å². The van der Waals surface area contributed by atoms with Crippen LogP contribution >= 0.6 is 28.1 Å². The second-order valence-corrected chi connectivity index (χ2v) is 5.76. The van der Waals surface area contributed by atoms with Crippen LogP contribution in [-0.2, 0) is 6.54 Å². The first kappa shape index (κ1) is 17.2. The van der Waals surface area contributed by atoms with Gasteiger partial charge in [0.25, 0.3) is 0 Å². The van der Waals surface area contributed by atoms with Gasteiger partial charge in [-0.2, -0.15) is 5.10 Å². The second kappa shape index (κ2) is 8.50. The highest BCUT2D eigenvalue weighted by molar-refractivity contribution is 9.10. The van der Waals surface area contributed by atoms with Crippen molar-refractivity contribution in [2.75, 3.05) is 7.11 Å². The van der Waals surface area contributed by atoms with Gasteiger partial charge in [-0.25, -0.2) is 0 Å². The number of benzene rings is 2. The number of hydrogen-bond acceptors (Lipinski definition) is 4. The molecule has 0 bridgehead atoms. The predicted molar refractivity (Wildman–Crippen MR) is 99.0 cm³/mol. The molecule has 0 atom stereocenters. The number of phenolic OH excluding ortho intramolecular Hbond substituents is 1. The van der Waals surface area contributed by atoms with Gasteiger partial charge in [0, 0.05) is 12.1 Å². The third-order valence-corrected chi connectivity index (χ3v) is 4.06. The lowest BCUT2D eigenvalue weighted by Crippen LogP contribution is -2.31. The summed E-state index contributed by atoms with van der Waals surface area (Å²) in [4.78, 5) is 0. The van der Waals surface area contributed by atoms with Crippen molar-refractivity contribution in [1.82, 2.24) is 10.7 Å². The molecule has 2 aromatic rings. The first-order valence-corrected chi connectivity index (χ1v) is 7.98. The van der Waals surface area contributed by atoms with Crippen molar-refractivity contribution < 1.29 is 9.84 Å². The molecule has 120 valence electrons. The Bertz CT molecular complexity index is 708. The molecule has 0 unspecified atom stereocenters. The average molecular weight is 394 g/mol. The zero-order chi connectivity index (χ0) is 16.7. The quantitative estimate of drug-likeness (QED) is 0.413. The molecule has 0 aliphatic carbocycles. The molecular formula is C16H16BrN3O2S. The highest BCUT2D eigenvalue weighted by Gasteiger charge is 2.09. The molecule has 0 heterocycles. The van der Waals surface area contributed by atoms with Crippen LogP contribution in [0.4, 0.5) is 0 Å². The fourth-order valence-electron chi connectivity index (χ4n) is 1.81. The minimum absolute atomic E-state index is 0.0289. The van der Waals surface area contributed by atoms with Crippen LogP contribution in [0.2, 0.25) is 0 Å². The topological polar surface area (TPSA) is 65.9 Å². The van der Waals surface area contributed by atoms with Crippen LogP contribution in [0.5, 0.6) is 11.5 Å². The summed E-state index contributed by atoms with van der Waals surface area (Å²) in [6, 6.07) is 13.4. The van der Waals surface area contributed by atoms with E-state index in [1.165, 1.54) is 7.11 Å². The normalized spacial score (nSPS) is 10.5. The van der Waals surface area contributed by atoms with E-state index in [0.717, 1.165) is 5.56 Å². The Labute approximate surface area is 148 Å². The Morgan fingerprint density at radius 2 is 2.04 bits per heavy atom. The van der Waals surface area contributed by atoms with Crippen molar-refractivity contribution in [3.63, 3.8) is 0 Å². The summed E-state index contributed by atoms with van der Waals surface area (Å²) < 4.78 is 5.53. The number of aromatic hydroxyl groups is 1. The lowest BCUT2D eigenvalue weighted by atomic mass is 10.2. The molecule has 3 N–H and O–H groups in total. The van der Waals surface area contributed by atoms with Crippen LogP contribution in [-0.4, -0.2) is 23.5 Å². The number of hydrogen-bond donors (Lipinski definition) is 3. The van der Waals surface area contributed by atoms with Gasteiger partial charge < -0.3 is 15.2 Å². The number of rotatable bonds is 5. The monoisotopic (exact) mass is 393 g/mol. The highest BCUT2D eigenvalue weighted by Crippen LogP contribution is 2.35. The molecule has 7 heteroatoms. The van der Waals surface area contributed by atoms with Crippen molar-refractivity contribution in [2.45, 2.75) is 6.54 Å². The molecule has 0 spiro atoms. The minimum Gasteiger partial charge on any atom is -0.503 e. The SMILES string of the molecule is COc1ccc(/C=N\NC(=S)NCc2ccccc2)c(Br)c1O. The van der Waals surface area contributed by atoms with Gasteiger partial charge in [-0.15, -0.1) is 0 Å². The lowest BCUT2D eigenvalue weighted by Gasteiger charge is -2.08. The van der Waals surface area contributed by atoms with E-state index in [1.807, 2.05) is 30.3 Å².